The van der Waals surface area contributed by atoms with Crippen molar-refractivity contribution in [3.63, 3.8) is 0 Å². The molecule has 0 aromatic heterocycles. The Morgan fingerprint density at radius 3 is 2.20 bits per heavy atom. The standard InChI is InChI=1S/C27H32N2O6/c1-26(2,3)22(23(30)29-14-8-13-27(34,16-29)24(31)32)28-25(33)35-15-21-19-11-6-4-9-17(19)18-10-5-7-12-20(18)21/h4-7,9-12,21-22,34H,8,13-16H2,1-3H3,(H,28,33)(H,31,32)/t22-,27?/m1/s1. The Morgan fingerprint density at radius 1 is 1.09 bits per heavy atom. The number of hydrogen-bond acceptors (Lipinski definition) is 5. The maximum Gasteiger partial charge on any atom is 0.407 e. The van der Waals surface area contributed by atoms with Crippen LogP contribution in [0.4, 0.5) is 4.79 Å². The average Bonchev–Trinajstić information content (AvgIpc) is 3.14. The number of carboxylic acid groups (broad SMARTS) is 1. The Morgan fingerprint density at radius 2 is 1.66 bits per heavy atom. The van der Waals surface area contributed by atoms with E-state index in [2.05, 4.69) is 17.4 Å². The molecule has 1 heterocycles. The van der Waals surface area contributed by atoms with Crippen molar-refractivity contribution in [1.29, 1.82) is 0 Å². The van der Waals surface area contributed by atoms with E-state index < -0.39 is 35.0 Å². The molecule has 8 nitrogen and oxygen atoms in total. The highest BCUT2D eigenvalue weighted by atomic mass is 16.5. The zero-order chi connectivity index (χ0) is 25.4. The lowest BCUT2D eigenvalue weighted by molar-refractivity contribution is -0.167. The van der Waals surface area contributed by atoms with Gasteiger partial charge in [-0.2, -0.15) is 0 Å². The average molecular weight is 481 g/mol. The lowest BCUT2D eigenvalue weighted by Gasteiger charge is -2.40. The van der Waals surface area contributed by atoms with Crippen molar-refractivity contribution in [2.45, 2.75) is 51.2 Å². The van der Waals surface area contributed by atoms with E-state index in [0.29, 0.717) is 13.0 Å². The number of fused-ring (bicyclic) bond motifs is 3. The van der Waals surface area contributed by atoms with Crippen molar-refractivity contribution in [2.75, 3.05) is 19.7 Å². The Bertz CT molecular complexity index is 1090. The van der Waals surface area contributed by atoms with Crippen LogP contribution in [-0.2, 0) is 14.3 Å². The predicted molar refractivity (Wildman–Crippen MR) is 130 cm³/mol. The number of piperidine rings is 1. The molecule has 1 unspecified atom stereocenters. The number of hydrogen-bond donors (Lipinski definition) is 3. The number of carboxylic acids is 1. The third-order valence-corrected chi connectivity index (χ3v) is 6.90. The molecule has 3 N–H and O–H groups in total. The largest absolute Gasteiger partial charge is 0.479 e. The number of carbonyl (C=O) groups excluding carboxylic acids is 2. The normalized spacial score (nSPS) is 20.5. The lowest BCUT2D eigenvalue weighted by atomic mass is 9.84. The summed E-state index contributed by atoms with van der Waals surface area (Å²) in [7, 11) is 0. The maximum atomic E-state index is 13.3. The second kappa shape index (κ2) is 9.34. The van der Waals surface area contributed by atoms with Crippen LogP contribution in [0.5, 0.6) is 0 Å². The summed E-state index contributed by atoms with van der Waals surface area (Å²) in [5.41, 5.74) is 1.77. The van der Waals surface area contributed by atoms with Gasteiger partial charge in [-0.1, -0.05) is 69.3 Å². The number of nitrogens with zero attached hydrogens (tertiary/aromatic N) is 1. The van der Waals surface area contributed by atoms with E-state index in [1.54, 1.807) is 0 Å². The highest BCUT2D eigenvalue weighted by molar-refractivity contribution is 5.88. The van der Waals surface area contributed by atoms with Crippen LogP contribution in [0.2, 0.25) is 0 Å². The number of carbonyl (C=O) groups is 3. The topological polar surface area (TPSA) is 116 Å². The van der Waals surface area contributed by atoms with E-state index in [4.69, 9.17) is 4.74 Å². The highest BCUT2D eigenvalue weighted by Gasteiger charge is 2.45. The summed E-state index contributed by atoms with van der Waals surface area (Å²) < 4.78 is 5.62. The molecule has 8 heteroatoms. The summed E-state index contributed by atoms with van der Waals surface area (Å²) in [6, 6.07) is 15.1. The van der Waals surface area contributed by atoms with Gasteiger partial charge in [-0.3, -0.25) is 4.79 Å². The Balaban J connectivity index is 1.46. The number of alkyl carbamates (subject to hydrolysis) is 1. The molecule has 1 aliphatic heterocycles. The van der Waals surface area contributed by atoms with Gasteiger partial charge >= 0.3 is 12.1 Å². The van der Waals surface area contributed by atoms with Gasteiger partial charge in [0.1, 0.15) is 12.6 Å². The molecule has 0 spiro atoms. The van der Waals surface area contributed by atoms with Crippen LogP contribution in [0.1, 0.15) is 50.7 Å². The molecule has 1 aliphatic carbocycles. The fourth-order valence-electron chi connectivity index (χ4n) is 4.99. The fourth-order valence-corrected chi connectivity index (χ4v) is 4.99. The first-order valence-corrected chi connectivity index (χ1v) is 11.9. The van der Waals surface area contributed by atoms with Crippen molar-refractivity contribution >= 4 is 18.0 Å². The number of aliphatic carboxylic acids is 1. The first-order chi connectivity index (χ1) is 16.5. The van der Waals surface area contributed by atoms with Gasteiger partial charge in [0, 0.05) is 12.5 Å². The van der Waals surface area contributed by atoms with Crippen molar-refractivity contribution in [3.8, 4) is 11.1 Å². The molecule has 4 rings (SSSR count). The molecule has 2 aromatic carbocycles. The van der Waals surface area contributed by atoms with Crippen molar-refractivity contribution < 1.29 is 29.3 Å². The Kier molecular flexibility index (Phi) is 6.60. The number of β-amino-alcohol motifs (C(OH)–C–C–N with tert-alkyl or cyclic N) is 1. The fraction of sp³-hybridized carbons (Fsp3) is 0.444. The second-order valence-corrected chi connectivity index (χ2v) is 10.5. The van der Waals surface area contributed by atoms with Crippen LogP contribution >= 0.6 is 0 Å². The number of rotatable bonds is 5. The van der Waals surface area contributed by atoms with Crippen molar-refractivity contribution in [3.05, 3.63) is 59.7 Å². The molecule has 35 heavy (non-hydrogen) atoms. The number of ether oxygens (including phenoxy) is 1. The van der Waals surface area contributed by atoms with Crippen LogP contribution < -0.4 is 5.32 Å². The minimum absolute atomic E-state index is 0.0755. The van der Waals surface area contributed by atoms with Gasteiger partial charge in [0.05, 0.1) is 6.54 Å². The third-order valence-electron chi connectivity index (χ3n) is 6.90. The molecule has 186 valence electrons. The summed E-state index contributed by atoms with van der Waals surface area (Å²) in [6.07, 6.45) is -0.284. The smallest absolute Gasteiger partial charge is 0.407 e. The van der Waals surface area contributed by atoms with E-state index in [-0.39, 0.29) is 25.5 Å². The van der Waals surface area contributed by atoms with Gasteiger partial charge in [-0.25, -0.2) is 9.59 Å². The summed E-state index contributed by atoms with van der Waals surface area (Å²) in [5, 5.41) is 22.5. The first-order valence-electron chi connectivity index (χ1n) is 11.9. The van der Waals surface area contributed by atoms with E-state index in [0.717, 1.165) is 22.3 Å². The molecule has 1 saturated heterocycles. The van der Waals surface area contributed by atoms with Gasteiger partial charge in [0.15, 0.2) is 5.60 Å². The van der Waals surface area contributed by atoms with Gasteiger partial charge in [0.25, 0.3) is 0 Å². The Hall–Kier alpha value is -3.39. The van der Waals surface area contributed by atoms with Crippen LogP contribution in [0.25, 0.3) is 11.1 Å². The molecular weight excluding hydrogens is 448 g/mol. The van der Waals surface area contributed by atoms with Crippen LogP contribution in [0.3, 0.4) is 0 Å². The number of amides is 2. The van der Waals surface area contributed by atoms with E-state index in [1.807, 2.05) is 57.2 Å². The Labute approximate surface area is 204 Å². The minimum Gasteiger partial charge on any atom is -0.479 e. The number of likely N-dealkylation sites (tertiary alicyclic amines) is 1. The molecule has 2 atom stereocenters. The van der Waals surface area contributed by atoms with Crippen molar-refractivity contribution in [1.82, 2.24) is 10.2 Å². The number of aliphatic hydroxyl groups is 1. The molecule has 1 fully saturated rings. The monoisotopic (exact) mass is 480 g/mol. The lowest BCUT2D eigenvalue weighted by Crippen LogP contribution is -2.61. The summed E-state index contributed by atoms with van der Waals surface area (Å²) in [6.45, 7) is 5.55. The molecule has 2 amide bonds. The molecular formula is C27H32N2O6. The quantitative estimate of drug-likeness (QED) is 0.604. The van der Waals surface area contributed by atoms with E-state index in [9.17, 15) is 24.6 Å². The van der Waals surface area contributed by atoms with Crippen molar-refractivity contribution in [2.24, 2.45) is 5.41 Å². The molecule has 0 bridgehead atoms. The van der Waals surface area contributed by atoms with Gasteiger partial charge in [0.2, 0.25) is 5.91 Å². The van der Waals surface area contributed by atoms with Gasteiger partial charge < -0.3 is 25.2 Å². The predicted octanol–water partition coefficient (Wildman–Crippen LogP) is 3.38. The molecule has 0 saturated carbocycles. The summed E-state index contributed by atoms with van der Waals surface area (Å²) in [5.74, 6) is -1.90. The number of nitrogens with one attached hydrogen (secondary N) is 1. The second-order valence-electron chi connectivity index (χ2n) is 10.5. The molecule has 0 radical (unpaired) electrons. The van der Waals surface area contributed by atoms with Crippen LogP contribution in [0, 0.1) is 5.41 Å². The highest BCUT2D eigenvalue weighted by Crippen LogP contribution is 2.44. The van der Waals surface area contributed by atoms with E-state index >= 15 is 0 Å². The van der Waals surface area contributed by atoms with Gasteiger partial charge in [-0.15, -0.1) is 0 Å². The third kappa shape index (κ3) is 4.89. The molecule has 2 aliphatic rings. The molecule has 2 aromatic rings. The maximum absolute atomic E-state index is 13.3. The SMILES string of the molecule is CC(C)(C)[C@H](NC(=O)OCC1c2ccccc2-c2ccccc21)C(=O)N1CCCC(O)(C(=O)O)C1. The van der Waals surface area contributed by atoms with Crippen LogP contribution in [-0.4, -0.2) is 64.4 Å². The zero-order valence-corrected chi connectivity index (χ0v) is 20.3. The van der Waals surface area contributed by atoms with E-state index in [1.165, 1.54) is 4.90 Å². The number of benzene rings is 2. The summed E-state index contributed by atoms with van der Waals surface area (Å²) >= 11 is 0. The van der Waals surface area contributed by atoms with Gasteiger partial charge in [-0.05, 0) is 40.5 Å². The first kappa shape index (κ1) is 24.7. The zero-order valence-electron chi connectivity index (χ0n) is 20.3. The minimum atomic E-state index is -1.99. The summed E-state index contributed by atoms with van der Waals surface area (Å²) in [4.78, 5) is 39.0. The van der Waals surface area contributed by atoms with Crippen LogP contribution in [0.15, 0.2) is 48.5 Å².